The smallest absolute Gasteiger partial charge is 0.255 e. The summed E-state index contributed by atoms with van der Waals surface area (Å²) in [5.74, 6) is -6.51. The van der Waals surface area contributed by atoms with E-state index in [1.165, 1.54) is 12.1 Å². The van der Waals surface area contributed by atoms with Crippen molar-refractivity contribution in [1.82, 2.24) is 4.90 Å². The summed E-state index contributed by atoms with van der Waals surface area (Å²) in [5, 5.41) is 13.0. The molecule has 1 spiro atoms. The molecule has 4 aliphatic rings. The van der Waals surface area contributed by atoms with E-state index in [-0.39, 0.29) is 57.7 Å². The van der Waals surface area contributed by atoms with Gasteiger partial charge < -0.3 is 20.1 Å². The number of likely N-dealkylation sites (tertiary alicyclic amines) is 1. The predicted octanol–water partition coefficient (Wildman–Crippen LogP) is 4.20. The molecule has 2 N–H and O–H groups in total. The van der Waals surface area contributed by atoms with E-state index in [9.17, 15) is 36.3 Å². The highest BCUT2D eigenvalue weighted by atomic mass is 35.5. The van der Waals surface area contributed by atoms with E-state index in [1.807, 2.05) is 6.92 Å². The van der Waals surface area contributed by atoms with Crippen molar-refractivity contribution in [1.29, 1.82) is 0 Å². The molecule has 2 amide bonds. The standard InChI is InChI=1S/C29H30ClF3N2O6S/c1-15-4-17-6-19(9-20(15)29(17,38)10-25(36)35-11-28(12-35)13-41-14-28)42(39,40)24-5-16(2-3-21(24)30)27(37)34-18-7-22(31)26(33)23(32)8-18/h2-3,5,7-8,15,17,19-20,38H,4,6,9-14H2,1H3,(H,34,37)/t15-,17?,19+,20+,29+/m0/s1. The Labute approximate surface area is 246 Å². The van der Waals surface area contributed by atoms with Crippen LogP contribution < -0.4 is 5.32 Å². The van der Waals surface area contributed by atoms with E-state index in [2.05, 4.69) is 5.32 Å². The van der Waals surface area contributed by atoms with Crippen LogP contribution in [-0.4, -0.2) is 67.4 Å². The van der Waals surface area contributed by atoms with Gasteiger partial charge in [-0.15, -0.1) is 0 Å². The zero-order chi connectivity index (χ0) is 30.2. The summed E-state index contributed by atoms with van der Waals surface area (Å²) >= 11 is 6.30. The minimum atomic E-state index is -4.09. The Kier molecular flexibility index (Phi) is 7.15. The minimum absolute atomic E-state index is 0.000140. The average Bonchev–Trinajstić information content (AvgIpc) is 2.98. The number of carbonyl (C=O) groups is 2. The van der Waals surface area contributed by atoms with Gasteiger partial charge in [-0.2, -0.15) is 0 Å². The molecule has 8 nitrogen and oxygen atoms in total. The van der Waals surface area contributed by atoms with Crippen molar-refractivity contribution >= 4 is 38.9 Å². The molecule has 226 valence electrons. The second-order valence-corrected chi connectivity index (χ2v) is 15.0. The Morgan fingerprint density at radius 3 is 2.36 bits per heavy atom. The van der Waals surface area contributed by atoms with Gasteiger partial charge >= 0.3 is 0 Å². The Bertz CT molecular complexity index is 1550. The molecule has 2 bridgehead atoms. The SMILES string of the molecule is C[C@H]1CC2C[C@@H](S(=O)(=O)c3cc(C(=O)Nc4cc(F)c(F)c(F)c4)ccc3Cl)C[C@H]1[C@@]2(O)CC(=O)N1CC2(COC2)C1. The number of aliphatic hydroxyl groups is 1. The summed E-state index contributed by atoms with van der Waals surface area (Å²) < 4.78 is 73.5. The fourth-order valence-electron chi connectivity index (χ4n) is 7.32. The summed E-state index contributed by atoms with van der Waals surface area (Å²) in [6.07, 6.45) is 0.782. The highest BCUT2D eigenvalue weighted by Gasteiger charge is 2.60. The molecule has 2 saturated carbocycles. The fraction of sp³-hybridized carbons (Fsp3) is 0.517. The van der Waals surface area contributed by atoms with E-state index in [1.54, 1.807) is 4.90 Å². The molecule has 13 heteroatoms. The second kappa shape index (κ2) is 10.2. The molecule has 6 rings (SSSR count). The first kappa shape index (κ1) is 29.4. The Morgan fingerprint density at radius 1 is 1.10 bits per heavy atom. The minimum Gasteiger partial charge on any atom is -0.389 e. The third-order valence-electron chi connectivity index (χ3n) is 9.59. The number of carbonyl (C=O) groups excluding carboxylic acids is 2. The summed E-state index contributed by atoms with van der Waals surface area (Å²) in [6, 6.07) is 4.83. The van der Waals surface area contributed by atoms with Gasteiger partial charge in [0.1, 0.15) is 0 Å². The van der Waals surface area contributed by atoms with Crippen LogP contribution in [0.2, 0.25) is 5.02 Å². The van der Waals surface area contributed by atoms with Crippen molar-refractivity contribution in [3.8, 4) is 0 Å². The lowest BCUT2D eigenvalue weighted by Crippen LogP contribution is -2.68. The molecule has 2 heterocycles. The van der Waals surface area contributed by atoms with Gasteiger partial charge in [-0.3, -0.25) is 9.59 Å². The number of nitrogens with one attached hydrogen (secondary N) is 1. The zero-order valence-electron chi connectivity index (χ0n) is 22.7. The molecular formula is C29H30ClF3N2O6S. The number of fused-ring (bicyclic) bond motifs is 2. The van der Waals surface area contributed by atoms with Gasteiger partial charge in [0.05, 0.1) is 45.8 Å². The first-order valence-electron chi connectivity index (χ1n) is 13.8. The van der Waals surface area contributed by atoms with Gasteiger partial charge in [-0.05, 0) is 55.2 Å². The van der Waals surface area contributed by atoms with Crippen LogP contribution in [0.25, 0.3) is 0 Å². The topological polar surface area (TPSA) is 113 Å². The Morgan fingerprint density at radius 2 is 1.76 bits per heavy atom. The number of hydrogen-bond donors (Lipinski definition) is 2. The molecule has 42 heavy (non-hydrogen) atoms. The summed E-state index contributed by atoms with van der Waals surface area (Å²) in [4.78, 5) is 27.3. The lowest BCUT2D eigenvalue weighted by atomic mass is 9.70. The number of halogens is 4. The first-order valence-corrected chi connectivity index (χ1v) is 15.7. The van der Waals surface area contributed by atoms with Crippen LogP contribution in [0, 0.1) is 40.6 Å². The second-order valence-electron chi connectivity index (χ2n) is 12.4. The molecule has 5 atom stereocenters. The van der Waals surface area contributed by atoms with Crippen molar-refractivity contribution in [2.24, 2.45) is 23.2 Å². The number of anilines is 1. The van der Waals surface area contributed by atoms with Crippen LogP contribution in [0.4, 0.5) is 18.9 Å². The van der Waals surface area contributed by atoms with Gasteiger partial charge in [-0.25, -0.2) is 21.6 Å². The van der Waals surface area contributed by atoms with E-state index < -0.39 is 55.9 Å². The molecule has 1 unspecified atom stereocenters. The van der Waals surface area contributed by atoms with Gasteiger partial charge in [0.25, 0.3) is 5.91 Å². The zero-order valence-corrected chi connectivity index (χ0v) is 24.3. The normalized spacial score (nSPS) is 29.6. The third-order valence-corrected chi connectivity index (χ3v) is 12.2. The quantitative estimate of drug-likeness (QED) is 0.465. The monoisotopic (exact) mass is 626 g/mol. The average molecular weight is 627 g/mol. The molecule has 4 fully saturated rings. The van der Waals surface area contributed by atoms with Gasteiger partial charge in [0, 0.05) is 36.5 Å². The molecule has 2 saturated heterocycles. The highest BCUT2D eigenvalue weighted by Crippen LogP contribution is 2.56. The van der Waals surface area contributed by atoms with Crippen molar-refractivity contribution in [2.75, 3.05) is 31.6 Å². The number of amides is 2. The van der Waals surface area contributed by atoms with Crippen LogP contribution in [0.1, 0.15) is 43.0 Å². The van der Waals surface area contributed by atoms with Gasteiger partial charge in [-0.1, -0.05) is 18.5 Å². The largest absolute Gasteiger partial charge is 0.389 e. The van der Waals surface area contributed by atoms with Crippen LogP contribution >= 0.6 is 11.6 Å². The van der Waals surface area contributed by atoms with E-state index >= 15 is 0 Å². The van der Waals surface area contributed by atoms with Crippen LogP contribution in [-0.2, 0) is 19.4 Å². The van der Waals surface area contributed by atoms with Gasteiger partial charge in [0.2, 0.25) is 5.91 Å². The van der Waals surface area contributed by atoms with E-state index in [4.69, 9.17) is 16.3 Å². The Hall–Kier alpha value is -2.67. The van der Waals surface area contributed by atoms with Crippen molar-refractivity contribution < 1.29 is 41.0 Å². The number of ether oxygens (including phenoxy) is 1. The maximum atomic E-state index is 13.9. The molecule has 2 aromatic carbocycles. The van der Waals surface area contributed by atoms with Crippen LogP contribution in [0.3, 0.4) is 0 Å². The molecule has 2 aliphatic carbocycles. The Balaban J connectivity index is 1.19. The van der Waals surface area contributed by atoms with Gasteiger partial charge in [0.15, 0.2) is 27.3 Å². The lowest BCUT2D eigenvalue weighted by molar-refractivity contribution is -0.199. The summed E-state index contributed by atoms with van der Waals surface area (Å²) in [7, 11) is -4.09. The summed E-state index contributed by atoms with van der Waals surface area (Å²) in [5.41, 5.74) is -1.75. The number of hydrogen-bond acceptors (Lipinski definition) is 6. The molecule has 0 aromatic heterocycles. The lowest BCUT2D eigenvalue weighted by Gasteiger charge is -2.55. The van der Waals surface area contributed by atoms with E-state index in [0.29, 0.717) is 44.9 Å². The summed E-state index contributed by atoms with van der Waals surface area (Å²) in [6.45, 7) is 4.45. The third kappa shape index (κ3) is 4.80. The van der Waals surface area contributed by atoms with Crippen molar-refractivity contribution in [3.63, 3.8) is 0 Å². The van der Waals surface area contributed by atoms with Crippen molar-refractivity contribution in [2.45, 2.75) is 48.4 Å². The molecular weight excluding hydrogens is 597 g/mol. The van der Waals surface area contributed by atoms with Crippen LogP contribution in [0.5, 0.6) is 0 Å². The number of rotatable bonds is 6. The number of benzene rings is 2. The maximum absolute atomic E-state index is 13.9. The number of nitrogens with zero attached hydrogens (tertiary/aromatic N) is 1. The molecule has 2 aromatic rings. The highest BCUT2D eigenvalue weighted by molar-refractivity contribution is 7.92. The molecule has 2 aliphatic heterocycles. The first-order chi connectivity index (χ1) is 19.7. The number of sulfone groups is 1. The molecule has 0 radical (unpaired) electrons. The van der Waals surface area contributed by atoms with Crippen molar-refractivity contribution in [3.05, 3.63) is 58.4 Å². The van der Waals surface area contributed by atoms with E-state index in [0.717, 1.165) is 6.07 Å². The van der Waals surface area contributed by atoms with Crippen LogP contribution in [0.15, 0.2) is 35.2 Å². The predicted molar refractivity (Wildman–Crippen MR) is 146 cm³/mol. The maximum Gasteiger partial charge on any atom is 0.255 e. The fourth-order valence-corrected chi connectivity index (χ4v) is 9.69.